The van der Waals surface area contributed by atoms with Crippen molar-refractivity contribution in [1.29, 1.82) is 0 Å². The molecule has 2 saturated heterocycles. The van der Waals surface area contributed by atoms with Crippen LogP contribution in [0.5, 0.6) is 0 Å². The fourth-order valence-corrected chi connectivity index (χ4v) is 2.72. The Balaban J connectivity index is 2.20. The van der Waals surface area contributed by atoms with Gasteiger partial charge in [0.05, 0.1) is 6.10 Å². The van der Waals surface area contributed by atoms with Crippen LogP contribution in [0.1, 0.15) is 6.92 Å². The zero-order valence-corrected chi connectivity index (χ0v) is 13.0. The van der Waals surface area contributed by atoms with Crippen LogP contribution in [-0.2, 0) is 23.7 Å². The maximum atomic E-state index is 11.3. The second-order valence-electron chi connectivity index (χ2n) is 5.76. The number of carbonyl (C=O) groups is 1. The minimum atomic E-state index is -1.90. The van der Waals surface area contributed by atoms with E-state index in [1.165, 1.54) is 14.0 Å². The van der Waals surface area contributed by atoms with Gasteiger partial charge in [-0.15, -0.1) is 0 Å². The fourth-order valence-electron chi connectivity index (χ4n) is 2.72. The van der Waals surface area contributed by atoms with Crippen molar-refractivity contribution in [3.05, 3.63) is 0 Å². The van der Waals surface area contributed by atoms with Crippen molar-refractivity contribution >= 4 is 5.97 Å². The minimum Gasteiger partial charge on any atom is -0.479 e. The first-order chi connectivity index (χ1) is 11.2. The third kappa shape index (κ3) is 3.54. The van der Waals surface area contributed by atoms with Gasteiger partial charge in [0.25, 0.3) is 0 Å². The molecule has 0 saturated carbocycles. The first kappa shape index (κ1) is 19.4. The Labute approximate surface area is 136 Å². The Kier molecular flexibility index (Phi) is 6.12. The highest BCUT2D eigenvalue weighted by atomic mass is 16.7. The smallest absolute Gasteiger partial charge is 0.335 e. The molecule has 0 unspecified atom stereocenters. The van der Waals surface area contributed by atoms with Crippen molar-refractivity contribution in [1.82, 2.24) is 0 Å². The summed E-state index contributed by atoms with van der Waals surface area (Å²) < 4.78 is 20.5. The minimum absolute atomic E-state index is 0.864. The predicted molar refractivity (Wildman–Crippen MR) is 72.5 cm³/mol. The monoisotopic (exact) mass is 354 g/mol. The van der Waals surface area contributed by atoms with E-state index in [1.54, 1.807) is 0 Å². The van der Waals surface area contributed by atoms with Gasteiger partial charge in [0.1, 0.15) is 36.6 Å². The lowest BCUT2D eigenvalue weighted by Crippen LogP contribution is -2.64. The molecule has 0 radical (unpaired) electrons. The Hall–Kier alpha value is -0.890. The molecule has 24 heavy (non-hydrogen) atoms. The average molecular weight is 354 g/mol. The van der Waals surface area contributed by atoms with Crippen molar-refractivity contribution in [2.45, 2.75) is 68.3 Å². The number of hydrogen-bond donors (Lipinski definition) is 6. The molecular weight excluding hydrogens is 332 g/mol. The van der Waals surface area contributed by atoms with Crippen LogP contribution < -0.4 is 0 Å². The molecule has 11 heteroatoms. The SMILES string of the molecule is CO[C@H]1[C@@H](O[C@@H]2[C@H](O)[C@@H](O)[C@H](O)O[C@@H]2C(=O)O)O[C@@H](C)[C@H](O)[C@H]1O. The molecule has 2 fully saturated rings. The van der Waals surface area contributed by atoms with Crippen LogP contribution in [0.2, 0.25) is 0 Å². The largest absolute Gasteiger partial charge is 0.479 e. The van der Waals surface area contributed by atoms with E-state index in [9.17, 15) is 30.3 Å². The summed E-state index contributed by atoms with van der Waals surface area (Å²) in [5.41, 5.74) is 0. The van der Waals surface area contributed by atoms with E-state index >= 15 is 0 Å². The summed E-state index contributed by atoms with van der Waals surface area (Å²) in [4.78, 5) is 11.3. The number of ether oxygens (including phenoxy) is 4. The van der Waals surface area contributed by atoms with Crippen molar-refractivity contribution in [2.75, 3.05) is 7.11 Å². The maximum Gasteiger partial charge on any atom is 0.335 e. The molecule has 2 rings (SSSR count). The number of carboxylic acids is 1. The van der Waals surface area contributed by atoms with Crippen LogP contribution in [0, 0.1) is 0 Å². The highest BCUT2D eigenvalue weighted by molar-refractivity contribution is 5.73. The molecule has 0 aromatic heterocycles. The van der Waals surface area contributed by atoms with Gasteiger partial charge >= 0.3 is 5.97 Å². The second-order valence-corrected chi connectivity index (χ2v) is 5.76. The van der Waals surface area contributed by atoms with Gasteiger partial charge in [-0.3, -0.25) is 0 Å². The van der Waals surface area contributed by atoms with Crippen molar-refractivity contribution in [3.8, 4) is 0 Å². The zero-order chi connectivity index (χ0) is 18.2. The van der Waals surface area contributed by atoms with Gasteiger partial charge in [-0.05, 0) is 6.92 Å². The van der Waals surface area contributed by atoms with Gasteiger partial charge in [-0.25, -0.2) is 4.79 Å². The van der Waals surface area contributed by atoms with E-state index in [-0.39, 0.29) is 0 Å². The molecule has 10 atom stereocenters. The zero-order valence-electron chi connectivity index (χ0n) is 13.0. The molecule has 0 aromatic carbocycles. The second kappa shape index (κ2) is 7.56. The van der Waals surface area contributed by atoms with E-state index in [4.69, 9.17) is 24.1 Å². The Morgan fingerprint density at radius 1 is 0.917 bits per heavy atom. The lowest BCUT2D eigenvalue weighted by Gasteiger charge is -2.45. The number of methoxy groups -OCH3 is 1. The summed E-state index contributed by atoms with van der Waals surface area (Å²) in [6.07, 6.45) is -14.9. The number of hydrogen-bond acceptors (Lipinski definition) is 10. The number of aliphatic hydroxyl groups is 5. The summed E-state index contributed by atoms with van der Waals surface area (Å²) in [6.45, 7) is 1.46. The van der Waals surface area contributed by atoms with Gasteiger partial charge in [0.15, 0.2) is 18.7 Å². The van der Waals surface area contributed by atoms with E-state index in [0.717, 1.165) is 0 Å². The summed E-state index contributed by atoms with van der Waals surface area (Å²) >= 11 is 0. The Morgan fingerprint density at radius 3 is 2.04 bits per heavy atom. The van der Waals surface area contributed by atoms with Gasteiger partial charge in [-0.2, -0.15) is 0 Å². The summed E-state index contributed by atoms with van der Waals surface area (Å²) in [6, 6.07) is 0. The topological polar surface area (TPSA) is 175 Å². The van der Waals surface area contributed by atoms with Crippen molar-refractivity contribution < 1.29 is 54.4 Å². The van der Waals surface area contributed by atoms with Crippen LogP contribution in [0.15, 0.2) is 0 Å². The first-order valence-electron chi connectivity index (χ1n) is 7.31. The molecule has 0 aromatic rings. The van der Waals surface area contributed by atoms with E-state index in [1.807, 2.05) is 0 Å². The molecule has 2 aliphatic rings. The highest BCUT2D eigenvalue weighted by Crippen LogP contribution is 2.29. The molecule has 0 aliphatic carbocycles. The maximum absolute atomic E-state index is 11.3. The van der Waals surface area contributed by atoms with Crippen LogP contribution in [0.4, 0.5) is 0 Å². The Morgan fingerprint density at radius 2 is 1.50 bits per heavy atom. The number of rotatable bonds is 4. The van der Waals surface area contributed by atoms with Crippen LogP contribution in [0.25, 0.3) is 0 Å². The summed E-state index contributed by atoms with van der Waals surface area (Å²) in [7, 11) is 1.22. The number of aliphatic hydroxyl groups excluding tert-OH is 5. The van der Waals surface area contributed by atoms with Gasteiger partial charge in [0, 0.05) is 7.11 Å². The quantitative estimate of drug-likeness (QED) is 0.294. The van der Waals surface area contributed by atoms with E-state index in [2.05, 4.69) is 0 Å². The van der Waals surface area contributed by atoms with Gasteiger partial charge in [0.2, 0.25) is 0 Å². The lowest BCUT2D eigenvalue weighted by molar-refractivity contribution is -0.349. The average Bonchev–Trinajstić information content (AvgIpc) is 2.53. The standard InChI is InChI=1S/C13H22O11/c1-3-4(14)5(15)9(21-2)13(22-3)24-8-6(16)7(17)12(20)23-10(8)11(18)19/h3-10,12-17,20H,1-2H3,(H,18,19)/t3-,4-,5+,6+,7+,8+,9+,10-,12+,13+/m0/s1. The van der Waals surface area contributed by atoms with Crippen LogP contribution >= 0.6 is 0 Å². The van der Waals surface area contributed by atoms with E-state index < -0.39 is 67.4 Å². The molecule has 11 nitrogen and oxygen atoms in total. The fraction of sp³-hybridized carbons (Fsp3) is 0.923. The molecule has 0 amide bonds. The molecule has 0 spiro atoms. The molecule has 0 bridgehead atoms. The molecule has 6 N–H and O–H groups in total. The normalized spacial score (nSPS) is 49.8. The van der Waals surface area contributed by atoms with Crippen LogP contribution in [0.3, 0.4) is 0 Å². The Bertz CT molecular complexity index is 446. The summed E-state index contributed by atoms with van der Waals surface area (Å²) in [5, 5.41) is 58.1. The van der Waals surface area contributed by atoms with Gasteiger partial charge in [-0.1, -0.05) is 0 Å². The molecule has 2 heterocycles. The third-order valence-corrected chi connectivity index (χ3v) is 4.15. The predicted octanol–water partition coefficient (Wildman–Crippen LogP) is -3.62. The molecular formula is C13H22O11. The molecule has 2 aliphatic heterocycles. The summed E-state index contributed by atoms with van der Waals surface area (Å²) in [5.74, 6) is -1.54. The number of aliphatic carboxylic acids is 1. The number of carboxylic acid groups (broad SMARTS) is 1. The highest BCUT2D eigenvalue weighted by Gasteiger charge is 2.52. The molecule has 140 valence electrons. The third-order valence-electron chi connectivity index (χ3n) is 4.15. The first-order valence-corrected chi connectivity index (χ1v) is 7.31. The lowest BCUT2D eigenvalue weighted by atomic mass is 9.97. The van der Waals surface area contributed by atoms with Gasteiger partial charge < -0.3 is 49.6 Å². The van der Waals surface area contributed by atoms with Crippen LogP contribution in [-0.4, -0.2) is 105 Å². The van der Waals surface area contributed by atoms with Crippen molar-refractivity contribution in [3.63, 3.8) is 0 Å². The van der Waals surface area contributed by atoms with Crippen molar-refractivity contribution in [2.24, 2.45) is 0 Å². The van der Waals surface area contributed by atoms with E-state index in [0.29, 0.717) is 0 Å².